The zero-order chi connectivity index (χ0) is 40.4. The highest BCUT2D eigenvalue weighted by atomic mass is 16.5. The van der Waals surface area contributed by atoms with Gasteiger partial charge in [-0.15, -0.1) is 0 Å². The lowest BCUT2D eigenvalue weighted by molar-refractivity contribution is 0.0649. The van der Waals surface area contributed by atoms with Gasteiger partial charge in [0.15, 0.2) is 0 Å². The first-order valence-corrected chi connectivity index (χ1v) is 18.5. The van der Waals surface area contributed by atoms with Crippen LogP contribution < -0.4 is 9.47 Å². The van der Waals surface area contributed by atoms with Gasteiger partial charge in [0.05, 0.1) is 16.5 Å². The van der Waals surface area contributed by atoms with E-state index in [9.17, 15) is 39.6 Å². The first-order valence-electron chi connectivity index (χ1n) is 18.5. The molecule has 4 N–H and O–H groups in total. The van der Waals surface area contributed by atoms with Gasteiger partial charge in [-0.25, -0.2) is 19.2 Å². The molecule has 0 aromatic heterocycles. The summed E-state index contributed by atoms with van der Waals surface area (Å²) < 4.78 is 12.4. The molecule has 0 saturated heterocycles. The number of fused-ring (bicyclic) bond motifs is 3. The van der Waals surface area contributed by atoms with E-state index in [2.05, 4.69) is 38.1 Å². The van der Waals surface area contributed by atoms with Crippen molar-refractivity contribution in [1.82, 2.24) is 0 Å². The van der Waals surface area contributed by atoms with Crippen molar-refractivity contribution in [3.8, 4) is 34.1 Å². The van der Waals surface area contributed by atoms with Gasteiger partial charge in [-0.1, -0.05) is 99.5 Å². The first-order chi connectivity index (χ1) is 27.5. The monoisotopic (exact) mass is 762 g/mol. The van der Waals surface area contributed by atoms with E-state index in [4.69, 9.17) is 9.47 Å². The molecule has 57 heavy (non-hydrogen) atoms. The molecule has 10 nitrogen and oxygen atoms in total. The van der Waals surface area contributed by atoms with E-state index < -0.39 is 40.4 Å². The molecule has 0 spiro atoms. The van der Waals surface area contributed by atoms with E-state index >= 15 is 0 Å². The molecule has 6 aromatic carbocycles. The molecule has 7 rings (SSSR count). The molecule has 0 fully saturated rings. The second-order valence-corrected chi connectivity index (χ2v) is 13.8. The van der Waals surface area contributed by atoms with Crippen LogP contribution in [0.5, 0.6) is 23.0 Å². The normalized spacial score (nSPS) is 12.3. The smallest absolute Gasteiger partial charge is 0.340 e. The van der Waals surface area contributed by atoms with Gasteiger partial charge in [0.1, 0.15) is 34.1 Å². The molecule has 286 valence electrons. The number of aryl methyl sites for hydroxylation is 2. The fourth-order valence-electron chi connectivity index (χ4n) is 8.20. The van der Waals surface area contributed by atoms with Crippen LogP contribution in [0.25, 0.3) is 11.1 Å². The van der Waals surface area contributed by atoms with Crippen LogP contribution in [0, 0.1) is 0 Å². The second-order valence-electron chi connectivity index (χ2n) is 13.8. The van der Waals surface area contributed by atoms with Gasteiger partial charge in [0.25, 0.3) is 0 Å². The van der Waals surface area contributed by atoms with Crippen LogP contribution in [0.15, 0.2) is 121 Å². The minimum Gasteiger partial charge on any atom is -0.478 e. The van der Waals surface area contributed by atoms with E-state index in [1.165, 1.54) is 36.4 Å². The number of carboxylic acids is 4. The Bertz CT molecular complexity index is 2410. The van der Waals surface area contributed by atoms with Crippen LogP contribution in [-0.4, -0.2) is 44.3 Å². The molecule has 0 radical (unpaired) electrons. The quantitative estimate of drug-likeness (QED) is 0.0837. The van der Waals surface area contributed by atoms with Crippen molar-refractivity contribution in [3.63, 3.8) is 0 Å². The lowest BCUT2D eigenvalue weighted by Crippen LogP contribution is -2.31. The fraction of sp³-hybridized carbons (Fsp3) is 0.149. The standard InChI is InChI=1S/C47H38O10/c1-3-11-27-25-29(56-39-19-9-15-33(43(48)49)41(39)45(52)53)21-23-35(27)47(37-17-7-5-13-31(37)32-14-6-8-18-38(32)47)36-24-22-30(26-28(36)12-4-2)57-40-20-10-16-34(44(50)51)42(40)46(54)55/h5-10,13-26H,3-4,11-12H2,1-2H3,(H,48,49)(H,50,51)(H,52,53)(H,54,55). The molecule has 0 unspecified atom stereocenters. The van der Waals surface area contributed by atoms with Crippen molar-refractivity contribution in [2.24, 2.45) is 0 Å². The molecule has 0 aliphatic heterocycles. The van der Waals surface area contributed by atoms with Gasteiger partial charge in [-0.3, -0.25) is 0 Å². The number of rotatable bonds is 14. The van der Waals surface area contributed by atoms with Crippen molar-refractivity contribution in [1.29, 1.82) is 0 Å². The lowest BCUT2D eigenvalue weighted by atomic mass is 9.64. The third kappa shape index (κ3) is 6.65. The Morgan fingerprint density at radius 2 is 0.877 bits per heavy atom. The Kier molecular flexibility index (Phi) is 10.4. The van der Waals surface area contributed by atoms with Crippen LogP contribution in [0.2, 0.25) is 0 Å². The third-order valence-corrected chi connectivity index (χ3v) is 10.3. The number of carboxylic acid groups (broad SMARTS) is 4. The maximum absolute atomic E-state index is 12.3. The summed E-state index contributed by atoms with van der Waals surface area (Å²) in [7, 11) is 0. The molecule has 0 saturated carbocycles. The summed E-state index contributed by atoms with van der Waals surface area (Å²) in [5.41, 5.74) is 5.51. The molecule has 6 aromatic rings. The van der Waals surface area contributed by atoms with Gasteiger partial charge in [-0.05, 0) is 106 Å². The zero-order valence-corrected chi connectivity index (χ0v) is 31.1. The van der Waals surface area contributed by atoms with Crippen LogP contribution >= 0.6 is 0 Å². The van der Waals surface area contributed by atoms with Crippen LogP contribution in [0.3, 0.4) is 0 Å². The van der Waals surface area contributed by atoms with Gasteiger partial charge < -0.3 is 29.9 Å². The maximum atomic E-state index is 12.3. The summed E-state index contributed by atoms with van der Waals surface area (Å²) in [5, 5.41) is 39.4. The number of benzene rings is 6. The molecular formula is C47H38O10. The number of carbonyl (C=O) groups is 4. The van der Waals surface area contributed by atoms with Crippen molar-refractivity contribution in [2.45, 2.75) is 44.9 Å². The van der Waals surface area contributed by atoms with E-state index in [0.717, 1.165) is 57.3 Å². The van der Waals surface area contributed by atoms with Crippen molar-refractivity contribution < 1.29 is 49.1 Å². The minimum atomic E-state index is -1.42. The van der Waals surface area contributed by atoms with Crippen molar-refractivity contribution in [3.05, 3.63) is 177 Å². The average molecular weight is 763 g/mol. The molecule has 1 aliphatic carbocycles. The Morgan fingerprint density at radius 3 is 1.25 bits per heavy atom. The molecule has 10 heteroatoms. The Balaban J connectivity index is 1.46. The van der Waals surface area contributed by atoms with Gasteiger partial charge in [0, 0.05) is 0 Å². The van der Waals surface area contributed by atoms with Gasteiger partial charge >= 0.3 is 23.9 Å². The molecule has 1 aliphatic rings. The predicted octanol–water partition coefficient (Wildman–Crippen LogP) is 10.3. The fourth-order valence-corrected chi connectivity index (χ4v) is 8.20. The van der Waals surface area contributed by atoms with Crippen LogP contribution in [0.4, 0.5) is 0 Å². The number of aromatic carboxylic acids is 4. The van der Waals surface area contributed by atoms with E-state index in [0.29, 0.717) is 24.3 Å². The summed E-state index contributed by atoms with van der Waals surface area (Å²) in [5.74, 6) is -5.09. The van der Waals surface area contributed by atoms with Crippen molar-refractivity contribution >= 4 is 23.9 Å². The molecule has 0 atom stereocenters. The Hall–Kier alpha value is -7.20. The molecule has 0 bridgehead atoms. The molecular weight excluding hydrogens is 725 g/mol. The highest BCUT2D eigenvalue weighted by Gasteiger charge is 2.48. The van der Waals surface area contributed by atoms with Crippen LogP contribution in [0.1, 0.15) is 102 Å². The van der Waals surface area contributed by atoms with Gasteiger partial charge in [0.2, 0.25) is 0 Å². The first kappa shape index (κ1) is 38.1. The zero-order valence-electron chi connectivity index (χ0n) is 31.1. The summed E-state index contributed by atoms with van der Waals surface area (Å²) in [6, 6.07) is 36.1. The largest absolute Gasteiger partial charge is 0.478 e. The third-order valence-electron chi connectivity index (χ3n) is 10.3. The number of ether oxygens (including phenoxy) is 2. The minimum absolute atomic E-state index is 0.0929. The second kappa shape index (κ2) is 15.5. The Labute approximate surface area is 328 Å². The Morgan fingerprint density at radius 1 is 0.474 bits per heavy atom. The van der Waals surface area contributed by atoms with E-state index in [-0.39, 0.29) is 22.6 Å². The van der Waals surface area contributed by atoms with E-state index in [1.54, 1.807) is 12.1 Å². The highest BCUT2D eigenvalue weighted by molar-refractivity contribution is 6.04. The summed E-state index contributed by atoms with van der Waals surface area (Å²) >= 11 is 0. The predicted molar refractivity (Wildman–Crippen MR) is 213 cm³/mol. The molecule has 0 heterocycles. The summed E-state index contributed by atoms with van der Waals surface area (Å²) in [6.07, 6.45) is 2.78. The summed E-state index contributed by atoms with van der Waals surface area (Å²) in [6.45, 7) is 4.14. The van der Waals surface area contributed by atoms with Gasteiger partial charge in [-0.2, -0.15) is 0 Å². The lowest BCUT2D eigenvalue weighted by Gasteiger charge is -2.37. The van der Waals surface area contributed by atoms with E-state index in [1.807, 2.05) is 48.5 Å². The number of hydrogen-bond donors (Lipinski definition) is 4. The molecule has 0 amide bonds. The van der Waals surface area contributed by atoms with Crippen molar-refractivity contribution in [2.75, 3.05) is 0 Å². The van der Waals surface area contributed by atoms with Crippen LogP contribution in [-0.2, 0) is 18.3 Å². The highest BCUT2D eigenvalue weighted by Crippen LogP contribution is 2.58. The number of hydrogen-bond acceptors (Lipinski definition) is 6. The average Bonchev–Trinajstić information content (AvgIpc) is 3.48. The maximum Gasteiger partial charge on any atom is 0.340 e. The topological polar surface area (TPSA) is 168 Å². The SMILES string of the molecule is CCCc1cc(Oc2cccc(C(=O)O)c2C(=O)O)ccc1C1(c2ccc(Oc3cccc(C(=O)O)c3C(=O)O)cc2CCC)c2ccccc2-c2ccccc21. The summed E-state index contributed by atoms with van der Waals surface area (Å²) in [4.78, 5) is 48.4.